The van der Waals surface area contributed by atoms with Crippen molar-refractivity contribution in [3.63, 3.8) is 0 Å². The average Bonchev–Trinajstić information content (AvgIpc) is 2.23. The SMILES string of the molecule is CCCCCCCCC(C(=O)OC(C)(C)C)C(F)(F)F. The van der Waals surface area contributed by atoms with E-state index in [4.69, 9.17) is 4.74 Å². The van der Waals surface area contributed by atoms with E-state index in [9.17, 15) is 18.0 Å². The third-order valence-corrected chi connectivity index (χ3v) is 2.93. The number of ether oxygens (including phenoxy) is 1. The summed E-state index contributed by atoms with van der Waals surface area (Å²) in [6, 6.07) is 0. The number of hydrogen-bond donors (Lipinski definition) is 0. The van der Waals surface area contributed by atoms with Gasteiger partial charge in [-0.1, -0.05) is 45.4 Å². The summed E-state index contributed by atoms with van der Waals surface area (Å²) in [7, 11) is 0. The van der Waals surface area contributed by atoms with Gasteiger partial charge >= 0.3 is 12.1 Å². The molecule has 0 amide bonds. The Balaban J connectivity index is 4.27. The molecule has 0 heterocycles. The lowest BCUT2D eigenvalue weighted by molar-refractivity contribution is -0.205. The van der Waals surface area contributed by atoms with Gasteiger partial charge in [0.25, 0.3) is 0 Å². The second-order valence-corrected chi connectivity index (χ2v) is 6.18. The molecule has 0 aliphatic rings. The fourth-order valence-electron chi connectivity index (χ4n) is 1.92. The largest absolute Gasteiger partial charge is 0.459 e. The third-order valence-electron chi connectivity index (χ3n) is 2.93. The van der Waals surface area contributed by atoms with Crippen LogP contribution >= 0.6 is 0 Å². The molecule has 0 fully saturated rings. The molecule has 1 unspecified atom stereocenters. The Morgan fingerprint density at radius 3 is 1.95 bits per heavy atom. The molecular weight excluding hydrogens is 269 g/mol. The lowest BCUT2D eigenvalue weighted by Crippen LogP contribution is -2.36. The van der Waals surface area contributed by atoms with E-state index in [1.165, 1.54) is 0 Å². The predicted octanol–water partition coefficient (Wildman–Crippen LogP) is 5.26. The highest BCUT2D eigenvalue weighted by atomic mass is 19.4. The number of esters is 1. The van der Waals surface area contributed by atoms with Crippen molar-refractivity contribution in [2.24, 2.45) is 5.92 Å². The third kappa shape index (κ3) is 9.21. The summed E-state index contributed by atoms with van der Waals surface area (Å²) in [6.45, 7) is 6.80. The Hall–Kier alpha value is -0.740. The van der Waals surface area contributed by atoms with Gasteiger partial charge in [0.05, 0.1) is 0 Å². The van der Waals surface area contributed by atoms with Crippen LogP contribution in [0.4, 0.5) is 13.2 Å². The molecule has 0 aromatic rings. The summed E-state index contributed by atoms with van der Waals surface area (Å²) in [4.78, 5) is 11.6. The van der Waals surface area contributed by atoms with Crippen LogP contribution in [0.2, 0.25) is 0 Å². The second-order valence-electron chi connectivity index (χ2n) is 6.18. The predicted molar refractivity (Wildman–Crippen MR) is 73.4 cm³/mol. The first-order chi connectivity index (χ1) is 9.08. The zero-order valence-electron chi connectivity index (χ0n) is 13.0. The molecule has 0 N–H and O–H groups in total. The molecule has 0 aliphatic heterocycles. The van der Waals surface area contributed by atoms with E-state index >= 15 is 0 Å². The van der Waals surface area contributed by atoms with Crippen molar-refractivity contribution in [3.05, 3.63) is 0 Å². The normalized spacial score (nSPS) is 14.2. The lowest BCUT2D eigenvalue weighted by atomic mass is 9.99. The van der Waals surface area contributed by atoms with Gasteiger partial charge in [0.15, 0.2) is 5.92 Å². The topological polar surface area (TPSA) is 26.3 Å². The van der Waals surface area contributed by atoms with Crippen molar-refractivity contribution >= 4 is 5.97 Å². The highest BCUT2D eigenvalue weighted by Gasteiger charge is 2.46. The minimum absolute atomic E-state index is 0.176. The first-order valence-corrected chi connectivity index (χ1v) is 7.37. The van der Waals surface area contributed by atoms with Crippen LogP contribution in [0, 0.1) is 5.92 Å². The number of rotatable bonds is 8. The Morgan fingerprint density at radius 2 is 1.50 bits per heavy atom. The summed E-state index contributed by atoms with van der Waals surface area (Å²) in [5, 5.41) is 0. The van der Waals surface area contributed by atoms with Crippen LogP contribution in [0.25, 0.3) is 0 Å². The maximum Gasteiger partial charge on any atom is 0.402 e. The van der Waals surface area contributed by atoms with Gasteiger partial charge in [0.1, 0.15) is 5.60 Å². The van der Waals surface area contributed by atoms with Crippen molar-refractivity contribution in [2.75, 3.05) is 0 Å². The maximum atomic E-state index is 12.9. The minimum atomic E-state index is -4.52. The van der Waals surface area contributed by atoms with Crippen LogP contribution in [0.5, 0.6) is 0 Å². The molecule has 120 valence electrons. The molecule has 0 saturated heterocycles. The van der Waals surface area contributed by atoms with Gasteiger partial charge in [0, 0.05) is 0 Å². The molecule has 0 aromatic heterocycles. The molecule has 0 aromatic carbocycles. The molecule has 0 aliphatic carbocycles. The summed E-state index contributed by atoms with van der Waals surface area (Å²) < 4.78 is 43.5. The van der Waals surface area contributed by atoms with Crippen LogP contribution in [0.15, 0.2) is 0 Å². The van der Waals surface area contributed by atoms with E-state index < -0.39 is 23.7 Å². The molecule has 2 nitrogen and oxygen atoms in total. The van der Waals surface area contributed by atoms with Crippen molar-refractivity contribution in [2.45, 2.75) is 84.4 Å². The smallest absolute Gasteiger partial charge is 0.402 e. The van der Waals surface area contributed by atoms with Gasteiger partial charge in [-0.2, -0.15) is 13.2 Å². The molecular formula is C15H27F3O2. The van der Waals surface area contributed by atoms with Crippen molar-refractivity contribution in [1.29, 1.82) is 0 Å². The number of alkyl halides is 3. The maximum absolute atomic E-state index is 12.9. The van der Waals surface area contributed by atoms with Crippen molar-refractivity contribution in [1.82, 2.24) is 0 Å². The standard InChI is InChI=1S/C15H27F3O2/c1-5-6-7-8-9-10-11-12(15(16,17)18)13(19)20-14(2,3)4/h12H,5-11H2,1-4H3. The monoisotopic (exact) mass is 296 g/mol. The Bertz CT molecular complexity index is 280. The van der Waals surface area contributed by atoms with Crippen LogP contribution in [-0.2, 0) is 9.53 Å². The van der Waals surface area contributed by atoms with Gasteiger partial charge in [-0.05, 0) is 27.2 Å². The number of hydrogen-bond acceptors (Lipinski definition) is 2. The number of carbonyl (C=O) groups is 1. The Morgan fingerprint density at radius 1 is 1.00 bits per heavy atom. The fraction of sp³-hybridized carbons (Fsp3) is 0.933. The highest BCUT2D eigenvalue weighted by molar-refractivity contribution is 5.73. The van der Waals surface area contributed by atoms with E-state index in [0.717, 1.165) is 32.1 Å². The summed E-state index contributed by atoms with van der Waals surface area (Å²) >= 11 is 0. The van der Waals surface area contributed by atoms with E-state index in [0.29, 0.717) is 6.42 Å². The summed E-state index contributed by atoms with van der Waals surface area (Å²) in [5.74, 6) is -3.15. The van der Waals surface area contributed by atoms with Gasteiger partial charge in [0.2, 0.25) is 0 Å². The average molecular weight is 296 g/mol. The molecule has 0 saturated carbocycles. The zero-order chi connectivity index (χ0) is 15.8. The van der Waals surface area contributed by atoms with Gasteiger partial charge < -0.3 is 4.74 Å². The minimum Gasteiger partial charge on any atom is -0.459 e. The van der Waals surface area contributed by atoms with Crippen LogP contribution < -0.4 is 0 Å². The Labute approximate surface area is 120 Å². The number of carbonyl (C=O) groups excluding carboxylic acids is 1. The van der Waals surface area contributed by atoms with E-state index in [1.807, 2.05) is 0 Å². The summed E-state index contributed by atoms with van der Waals surface area (Å²) in [6.07, 6.45) is 0.614. The van der Waals surface area contributed by atoms with Gasteiger partial charge in [-0.3, -0.25) is 4.79 Å². The van der Waals surface area contributed by atoms with Crippen LogP contribution in [0.1, 0.15) is 72.6 Å². The van der Waals surface area contributed by atoms with Gasteiger partial charge in [-0.15, -0.1) is 0 Å². The molecule has 1 atom stereocenters. The number of halogens is 3. The molecule has 0 bridgehead atoms. The number of unbranched alkanes of at least 4 members (excludes halogenated alkanes) is 5. The van der Waals surface area contributed by atoms with Crippen molar-refractivity contribution < 1.29 is 22.7 Å². The molecule has 0 rings (SSSR count). The first-order valence-electron chi connectivity index (χ1n) is 7.37. The van der Waals surface area contributed by atoms with Crippen LogP contribution in [-0.4, -0.2) is 17.7 Å². The molecule has 5 heteroatoms. The lowest BCUT2D eigenvalue weighted by Gasteiger charge is -2.25. The molecule has 20 heavy (non-hydrogen) atoms. The Kier molecular flexibility index (Phi) is 8.21. The molecule has 0 radical (unpaired) electrons. The summed E-state index contributed by atoms with van der Waals surface area (Å²) in [5.41, 5.74) is -0.887. The van der Waals surface area contributed by atoms with E-state index in [-0.39, 0.29) is 6.42 Å². The first kappa shape index (κ1) is 19.3. The fourth-order valence-corrected chi connectivity index (χ4v) is 1.92. The van der Waals surface area contributed by atoms with E-state index in [1.54, 1.807) is 20.8 Å². The van der Waals surface area contributed by atoms with Crippen molar-refractivity contribution in [3.8, 4) is 0 Å². The quantitative estimate of drug-likeness (QED) is 0.451. The second kappa shape index (κ2) is 8.53. The van der Waals surface area contributed by atoms with Gasteiger partial charge in [-0.25, -0.2) is 0 Å². The van der Waals surface area contributed by atoms with E-state index in [2.05, 4.69) is 6.92 Å². The van der Waals surface area contributed by atoms with Crippen LogP contribution in [0.3, 0.4) is 0 Å². The highest BCUT2D eigenvalue weighted by Crippen LogP contribution is 2.32. The zero-order valence-corrected chi connectivity index (χ0v) is 13.0. The molecule has 0 spiro atoms.